The Morgan fingerprint density at radius 3 is 1.87 bits per heavy atom. The summed E-state index contributed by atoms with van der Waals surface area (Å²) in [6, 6.07) is 8.44. The van der Waals surface area contributed by atoms with Crippen LogP contribution in [-0.2, 0) is 0 Å². The first-order valence-electron chi connectivity index (χ1n) is 9.50. The minimum atomic E-state index is 0.538. The van der Waals surface area contributed by atoms with Crippen molar-refractivity contribution in [1.82, 2.24) is 0 Å². The maximum absolute atomic E-state index is 9.27. The summed E-state index contributed by atoms with van der Waals surface area (Å²) in [5.41, 5.74) is 3.20. The Labute approximate surface area is 143 Å². The van der Waals surface area contributed by atoms with Gasteiger partial charge in [-0.3, -0.25) is 0 Å². The Kier molecular flexibility index (Phi) is 10.4. The zero-order valence-corrected chi connectivity index (χ0v) is 15.4. The Balaban J connectivity index is 2.22. The molecule has 0 aliphatic rings. The lowest BCUT2D eigenvalue weighted by molar-refractivity contribution is 0.317. The SMILES string of the molecule is CCCCCCCCCCC/C(=N/O)c1ccc(C(C)C)cc1. The first kappa shape index (κ1) is 19.7. The van der Waals surface area contributed by atoms with E-state index in [2.05, 4.69) is 50.2 Å². The van der Waals surface area contributed by atoms with Crippen LogP contribution < -0.4 is 0 Å². The van der Waals surface area contributed by atoms with E-state index < -0.39 is 0 Å². The zero-order valence-electron chi connectivity index (χ0n) is 15.4. The zero-order chi connectivity index (χ0) is 16.9. The number of nitrogens with zero attached hydrogens (tertiary/aromatic N) is 1. The smallest absolute Gasteiger partial charge is 0.0867 e. The minimum absolute atomic E-state index is 0.538. The van der Waals surface area contributed by atoms with Crippen molar-refractivity contribution in [2.24, 2.45) is 5.16 Å². The van der Waals surface area contributed by atoms with Crippen LogP contribution in [0.25, 0.3) is 0 Å². The molecule has 23 heavy (non-hydrogen) atoms. The molecule has 0 aliphatic heterocycles. The maximum Gasteiger partial charge on any atom is 0.0867 e. The molecule has 2 nitrogen and oxygen atoms in total. The summed E-state index contributed by atoms with van der Waals surface area (Å²) in [5, 5.41) is 12.8. The molecule has 1 aromatic rings. The predicted molar refractivity (Wildman–Crippen MR) is 101 cm³/mol. The van der Waals surface area contributed by atoms with Crippen LogP contribution in [0, 0.1) is 0 Å². The summed E-state index contributed by atoms with van der Waals surface area (Å²) in [4.78, 5) is 0. The number of unbranched alkanes of at least 4 members (excludes halogenated alkanes) is 8. The molecular formula is C21H35NO. The third kappa shape index (κ3) is 8.20. The van der Waals surface area contributed by atoms with Gasteiger partial charge >= 0.3 is 0 Å². The molecule has 0 amide bonds. The van der Waals surface area contributed by atoms with Crippen LogP contribution in [0.4, 0.5) is 0 Å². The molecular weight excluding hydrogens is 282 g/mol. The molecule has 0 aliphatic carbocycles. The molecule has 0 atom stereocenters. The molecule has 0 saturated heterocycles. The third-order valence-corrected chi connectivity index (χ3v) is 4.55. The van der Waals surface area contributed by atoms with E-state index in [0.29, 0.717) is 5.92 Å². The molecule has 1 N–H and O–H groups in total. The van der Waals surface area contributed by atoms with Gasteiger partial charge < -0.3 is 5.21 Å². The largest absolute Gasteiger partial charge is 0.411 e. The first-order chi connectivity index (χ1) is 11.2. The van der Waals surface area contributed by atoms with Crippen LogP contribution in [0.5, 0.6) is 0 Å². The molecule has 0 fully saturated rings. The fourth-order valence-electron chi connectivity index (χ4n) is 2.92. The van der Waals surface area contributed by atoms with Gasteiger partial charge in [0.1, 0.15) is 0 Å². The van der Waals surface area contributed by atoms with Crippen molar-refractivity contribution in [1.29, 1.82) is 0 Å². The summed E-state index contributed by atoms with van der Waals surface area (Å²) in [6.07, 6.45) is 12.7. The lowest BCUT2D eigenvalue weighted by Crippen LogP contribution is -2.01. The van der Waals surface area contributed by atoms with Crippen molar-refractivity contribution in [3.63, 3.8) is 0 Å². The highest BCUT2D eigenvalue weighted by Gasteiger charge is 2.06. The van der Waals surface area contributed by atoms with Crippen LogP contribution in [-0.4, -0.2) is 10.9 Å². The van der Waals surface area contributed by atoms with E-state index in [1.165, 1.54) is 56.9 Å². The van der Waals surface area contributed by atoms with Gasteiger partial charge in [0.15, 0.2) is 0 Å². The van der Waals surface area contributed by atoms with Gasteiger partial charge in [-0.15, -0.1) is 0 Å². The Bertz CT molecular complexity index is 434. The van der Waals surface area contributed by atoms with Crippen molar-refractivity contribution in [2.45, 2.75) is 90.9 Å². The predicted octanol–water partition coefficient (Wildman–Crippen LogP) is 6.91. The van der Waals surface area contributed by atoms with E-state index >= 15 is 0 Å². The van der Waals surface area contributed by atoms with Gasteiger partial charge in [0.05, 0.1) is 5.71 Å². The highest BCUT2D eigenvalue weighted by Crippen LogP contribution is 2.17. The molecule has 0 bridgehead atoms. The van der Waals surface area contributed by atoms with Crippen molar-refractivity contribution < 1.29 is 5.21 Å². The van der Waals surface area contributed by atoms with Gasteiger partial charge in [0.25, 0.3) is 0 Å². The molecule has 1 aromatic carbocycles. The molecule has 0 heterocycles. The fourth-order valence-corrected chi connectivity index (χ4v) is 2.92. The van der Waals surface area contributed by atoms with Gasteiger partial charge in [-0.1, -0.05) is 102 Å². The van der Waals surface area contributed by atoms with Gasteiger partial charge in [0, 0.05) is 0 Å². The molecule has 0 radical (unpaired) electrons. The standard InChI is InChI=1S/C21H35NO/c1-4-5-6-7-8-9-10-11-12-13-21(22-23)20-16-14-19(15-17-20)18(2)3/h14-18,23H,4-13H2,1-3H3/b22-21-. The summed E-state index contributed by atoms with van der Waals surface area (Å²) in [6.45, 7) is 6.65. The van der Waals surface area contributed by atoms with Crippen LogP contribution >= 0.6 is 0 Å². The van der Waals surface area contributed by atoms with Gasteiger partial charge in [0.2, 0.25) is 0 Å². The fraction of sp³-hybridized carbons (Fsp3) is 0.667. The summed E-state index contributed by atoms with van der Waals surface area (Å²) in [5.74, 6) is 0.538. The number of hydrogen-bond donors (Lipinski definition) is 1. The second kappa shape index (κ2) is 12.2. The van der Waals surface area contributed by atoms with Gasteiger partial charge in [-0.2, -0.15) is 0 Å². The highest BCUT2D eigenvalue weighted by molar-refractivity contribution is 6.00. The van der Waals surface area contributed by atoms with E-state index in [4.69, 9.17) is 0 Å². The van der Waals surface area contributed by atoms with Crippen molar-refractivity contribution in [2.75, 3.05) is 0 Å². The third-order valence-electron chi connectivity index (χ3n) is 4.55. The molecule has 0 aromatic heterocycles. The van der Waals surface area contributed by atoms with Crippen LogP contribution in [0.3, 0.4) is 0 Å². The summed E-state index contributed by atoms with van der Waals surface area (Å²) < 4.78 is 0. The Morgan fingerprint density at radius 2 is 1.39 bits per heavy atom. The van der Waals surface area contributed by atoms with Crippen molar-refractivity contribution in [3.8, 4) is 0 Å². The van der Waals surface area contributed by atoms with Crippen LogP contribution in [0.15, 0.2) is 29.4 Å². The number of hydrogen-bond acceptors (Lipinski definition) is 2. The molecule has 130 valence electrons. The second-order valence-corrected chi connectivity index (χ2v) is 6.90. The first-order valence-corrected chi connectivity index (χ1v) is 9.50. The van der Waals surface area contributed by atoms with E-state index in [1.807, 2.05) is 0 Å². The molecule has 0 saturated carbocycles. The Morgan fingerprint density at radius 1 is 0.870 bits per heavy atom. The van der Waals surface area contributed by atoms with E-state index in [-0.39, 0.29) is 0 Å². The second-order valence-electron chi connectivity index (χ2n) is 6.90. The number of rotatable bonds is 12. The maximum atomic E-state index is 9.27. The van der Waals surface area contributed by atoms with Crippen LogP contribution in [0.1, 0.15) is 102 Å². The average Bonchev–Trinajstić information content (AvgIpc) is 2.57. The van der Waals surface area contributed by atoms with Gasteiger partial charge in [-0.05, 0) is 29.9 Å². The number of oxime groups is 1. The van der Waals surface area contributed by atoms with E-state index in [0.717, 1.165) is 24.1 Å². The Hall–Kier alpha value is -1.31. The quantitative estimate of drug-likeness (QED) is 0.193. The van der Waals surface area contributed by atoms with Gasteiger partial charge in [-0.25, -0.2) is 0 Å². The molecule has 1 rings (SSSR count). The average molecular weight is 318 g/mol. The summed E-state index contributed by atoms with van der Waals surface area (Å²) in [7, 11) is 0. The van der Waals surface area contributed by atoms with Crippen molar-refractivity contribution in [3.05, 3.63) is 35.4 Å². The van der Waals surface area contributed by atoms with Crippen molar-refractivity contribution >= 4 is 5.71 Å². The van der Waals surface area contributed by atoms with Crippen LogP contribution in [0.2, 0.25) is 0 Å². The van der Waals surface area contributed by atoms with E-state index in [1.54, 1.807) is 0 Å². The summed E-state index contributed by atoms with van der Waals surface area (Å²) >= 11 is 0. The lowest BCUT2D eigenvalue weighted by Gasteiger charge is -2.08. The lowest BCUT2D eigenvalue weighted by atomic mass is 9.98. The highest BCUT2D eigenvalue weighted by atomic mass is 16.4. The monoisotopic (exact) mass is 317 g/mol. The number of benzene rings is 1. The molecule has 0 unspecified atom stereocenters. The minimum Gasteiger partial charge on any atom is -0.411 e. The molecule has 0 spiro atoms. The topological polar surface area (TPSA) is 32.6 Å². The molecule has 2 heteroatoms. The van der Waals surface area contributed by atoms with E-state index in [9.17, 15) is 5.21 Å². The normalized spacial score (nSPS) is 12.1.